The molecule has 1 aliphatic rings. The number of aryl methyl sites for hydroxylation is 1. The molecule has 19 heavy (non-hydrogen) atoms. The van der Waals surface area contributed by atoms with Gasteiger partial charge in [0.2, 0.25) is 0 Å². The molecule has 1 aliphatic carbocycles. The molecule has 1 N–H and O–H groups in total. The summed E-state index contributed by atoms with van der Waals surface area (Å²) in [5, 5.41) is 9.14. The number of nitrogens with zero attached hydrogens (tertiary/aromatic N) is 2. The van der Waals surface area contributed by atoms with Gasteiger partial charge in [-0.05, 0) is 50.7 Å². The molecule has 1 heterocycles. The zero-order valence-corrected chi connectivity index (χ0v) is 11.7. The number of aliphatic hydroxyl groups is 1. The highest BCUT2D eigenvalue weighted by atomic mass is 16.3. The van der Waals surface area contributed by atoms with Gasteiger partial charge in [-0.1, -0.05) is 0 Å². The summed E-state index contributed by atoms with van der Waals surface area (Å²) in [6.45, 7) is 2.18. The summed E-state index contributed by atoms with van der Waals surface area (Å²) >= 11 is 0. The van der Waals surface area contributed by atoms with Gasteiger partial charge in [0.05, 0.1) is 5.56 Å². The van der Waals surface area contributed by atoms with E-state index in [0.29, 0.717) is 11.5 Å². The van der Waals surface area contributed by atoms with Gasteiger partial charge >= 0.3 is 0 Å². The molecule has 1 aromatic rings. The van der Waals surface area contributed by atoms with Gasteiger partial charge in [-0.2, -0.15) is 0 Å². The van der Waals surface area contributed by atoms with Gasteiger partial charge < -0.3 is 10.0 Å². The minimum atomic E-state index is 0.0416. The minimum absolute atomic E-state index is 0.0416. The lowest BCUT2D eigenvalue weighted by molar-refractivity contribution is 0.0652. The average molecular weight is 262 g/mol. The maximum Gasteiger partial charge on any atom is 0.255 e. The van der Waals surface area contributed by atoms with Crippen LogP contribution in [0.5, 0.6) is 0 Å². The van der Waals surface area contributed by atoms with Crippen LogP contribution in [0.1, 0.15) is 41.7 Å². The first kappa shape index (κ1) is 14.0. The molecule has 0 bridgehead atoms. The SMILES string of the molecule is Cc1ccc(C(=O)N(C)C2CCC(CO)CC2)cn1. The van der Waals surface area contributed by atoms with E-state index in [-0.39, 0.29) is 18.6 Å². The highest BCUT2D eigenvalue weighted by molar-refractivity contribution is 5.93. The van der Waals surface area contributed by atoms with E-state index in [1.165, 1.54) is 0 Å². The topological polar surface area (TPSA) is 53.4 Å². The lowest BCUT2D eigenvalue weighted by Gasteiger charge is -2.34. The van der Waals surface area contributed by atoms with Gasteiger partial charge in [0, 0.05) is 31.6 Å². The fraction of sp³-hybridized carbons (Fsp3) is 0.600. The summed E-state index contributed by atoms with van der Waals surface area (Å²) in [6, 6.07) is 3.99. The van der Waals surface area contributed by atoms with Crippen molar-refractivity contribution in [3.63, 3.8) is 0 Å². The lowest BCUT2D eigenvalue weighted by Crippen LogP contribution is -2.39. The molecule has 0 spiro atoms. The Morgan fingerprint density at radius 3 is 2.58 bits per heavy atom. The molecule has 4 heteroatoms. The van der Waals surface area contributed by atoms with Crippen LogP contribution in [0.4, 0.5) is 0 Å². The van der Waals surface area contributed by atoms with Gasteiger partial charge in [0.25, 0.3) is 5.91 Å². The Morgan fingerprint density at radius 2 is 2.05 bits per heavy atom. The number of pyridine rings is 1. The second-order valence-electron chi connectivity index (χ2n) is 5.46. The first-order valence-corrected chi connectivity index (χ1v) is 6.92. The fourth-order valence-electron chi connectivity index (χ4n) is 2.68. The Kier molecular flexibility index (Phi) is 4.53. The van der Waals surface area contributed by atoms with Crippen molar-refractivity contribution >= 4 is 5.91 Å². The number of hydrogen-bond donors (Lipinski definition) is 1. The molecule has 1 saturated carbocycles. The Labute approximate surface area is 114 Å². The zero-order valence-electron chi connectivity index (χ0n) is 11.7. The van der Waals surface area contributed by atoms with Crippen molar-refractivity contribution in [2.24, 2.45) is 5.92 Å². The predicted molar refractivity (Wildman–Crippen MR) is 73.9 cm³/mol. The van der Waals surface area contributed by atoms with Crippen molar-refractivity contribution in [1.29, 1.82) is 0 Å². The van der Waals surface area contributed by atoms with Crippen molar-refractivity contribution in [2.75, 3.05) is 13.7 Å². The number of amides is 1. The molecule has 0 aliphatic heterocycles. The maximum absolute atomic E-state index is 12.3. The molecule has 0 atom stereocenters. The summed E-state index contributed by atoms with van der Waals surface area (Å²) in [4.78, 5) is 18.3. The summed E-state index contributed by atoms with van der Waals surface area (Å²) in [5.74, 6) is 0.459. The Bertz CT molecular complexity index is 422. The van der Waals surface area contributed by atoms with Gasteiger partial charge in [-0.15, -0.1) is 0 Å². The third-order valence-corrected chi connectivity index (χ3v) is 4.10. The van der Waals surface area contributed by atoms with Crippen LogP contribution in [0.15, 0.2) is 18.3 Å². The Balaban J connectivity index is 1.98. The van der Waals surface area contributed by atoms with E-state index in [1.807, 2.05) is 31.0 Å². The van der Waals surface area contributed by atoms with Crippen LogP contribution in [-0.2, 0) is 0 Å². The number of rotatable bonds is 3. The van der Waals surface area contributed by atoms with Crippen LogP contribution < -0.4 is 0 Å². The number of carbonyl (C=O) groups excluding carboxylic acids is 1. The number of aliphatic hydroxyl groups excluding tert-OH is 1. The number of hydrogen-bond acceptors (Lipinski definition) is 3. The van der Waals surface area contributed by atoms with Gasteiger partial charge in [0.15, 0.2) is 0 Å². The zero-order chi connectivity index (χ0) is 13.8. The monoisotopic (exact) mass is 262 g/mol. The van der Waals surface area contributed by atoms with E-state index in [1.54, 1.807) is 6.20 Å². The molecule has 1 aromatic heterocycles. The molecule has 0 radical (unpaired) electrons. The quantitative estimate of drug-likeness (QED) is 0.906. The largest absolute Gasteiger partial charge is 0.396 e. The molecule has 4 nitrogen and oxygen atoms in total. The fourth-order valence-corrected chi connectivity index (χ4v) is 2.68. The number of aromatic nitrogens is 1. The smallest absolute Gasteiger partial charge is 0.255 e. The van der Waals surface area contributed by atoms with Gasteiger partial charge in [-0.3, -0.25) is 9.78 Å². The molecule has 1 amide bonds. The van der Waals surface area contributed by atoms with Crippen LogP contribution in [0.25, 0.3) is 0 Å². The first-order valence-electron chi connectivity index (χ1n) is 6.92. The molecular formula is C15H22N2O2. The van der Waals surface area contributed by atoms with E-state index < -0.39 is 0 Å². The normalized spacial score (nSPS) is 23.1. The van der Waals surface area contributed by atoms with E-state index in [4.69, 9.17) is 5.11 Å². The van der Waals surface area contributed by atoms with E-state index >= 15 is 0 Å². The van der Waals surface area contributed by atoms with Crippen molar-refractivity contribution in [3.05, 3.63) is 29.6 Å². The highest BCUT2D eigenvalue weighted by Gasteiger charge is 2.26. The summed E-state index contributed by atoms with van der Waals surface area (Å²) in [5.41, 5.74) is 1.57. The predicted octanol–water partition coefficient (Wildman–Crippen LogP) is 2.01. The Hall–Kier alpha value is -1.42. The van der Waals surface area contributed by atoms with Crippen LogP contribution in [0, 0.1) is 12.8 Å². The van der Waals surface area contributed by atoms with Crippen LogP contribution >= 0.6 is 0 Å². The average Bonchev–Trinajstić information content (AvgIpc) is 2.46. The minimum Gasteiger partial charge on any atom is -0.396 e. The van der Waals surface area contributed by atoms with Crippen molar-refractivity contribution < 1.29 is 9.90 Å². The summed E-state index contributed by atoms with van der Waals surface area (Å²) in [7, 11) is 1.87. The van der Waals surface area contributed by atoms with Gasteiger partial charge in [-0.25, -0.2) is 0 Å². The standard InChI is InChI=1S/C15H22N2O2/c1-11-3-6-13(9-16-11)15(19)17(2)14-7-4-12(10-18)5-8-14/h3,6,9,12,14,18H,4-5,7-8,10H2,1-2H3. The highest BCUT2D eigenvalue weighted by Crippen LogP contribution is 2.27. The third-order valence-electron chi connectivity index (χ3n) is 4.10. The Morgan fingerprint density at radius 1 is 1.37 bits per heavy atom. The lowest BCUT2D eigenvalue weighted by atomic mass is 9.86. The molecule has 2 rings (SSSR count). The van der Waals surface area contributed by atoms with Crippen LogP contribution in [0.2, 0.25) is 0 Å². The van der Waals surface area contributed by atoms with Crippen molar-refractivity contribution in [3.8, 4) is 0 Å². The van der Waals surface area contributed by atoms with Crippen LogP contribution in [-0.4, -0.2) is 40.6 Å². The van der Waals surface area contributed by atoms with E-state index in [9.17, 15) is 4.79 Å². The molecule has 0 saturated heterocycles. The molecule has 0 unspecified atom stereocenters. The number of carbonyl (C=O) groups is 1. The molecule has 104 valence electrons. The van der Waals surface area contributed by atoms with Crippen molar-refractivity contribution in [2.45, 2.75) is 38.6 Å². The summed E-state index contributed by atoms with van der Waals surface area (Å²) < 4.78 is 0. The maximum atomic E-state index is 12.3. The first-order chi connectivity index (χ1) is 9.11. The third kappa shape index (κ3) is 3.32. The molecule has 1 fully saturated rings. The van der Waals surface area contributed by atoms with E-state index in [2.05, 4.69) is 4.98 Å². The molecule has 0 aromatic carbocycles. The summed E-state index contributed by atoms with van der Waals surface area (Å²) in [6.07, 6.45) is 5.61. The second kappa shape index (κ2) is 6.15. The van der Waals surface area contributed by atoms with Crippen molar-refractivity contribution in [1.82, 2.24) is 9.88 Å². The van der Waals surface area contributed by atoms with E-state index in [0.717, 1.165) is 31.4 Å². The van der Waals surface area contributed by atoms with Crippen LogP contribution in [0.3, 0.4) is 0 Å². The molecular weight excluding hydrogens is 240 g/mol. The second-order valence-corrected chi connectivity index (χ2v) is 5.46. The van der Waals surface area contributed by atoms with Gasteiger partial charge in [0.1, 0.15) is 0 Å².